The molecule has 164 valence electrons. The Labute approximate surface area is 181 Å². The van der Waals surface area contributed by atoms with Gasteiger partial charge in [-0.25, -0.2) is 9.78 Å². The zero-order valence-electron chi connectivity index (χ0n) is 16.9. The summed E-state index contributed by atoms with van der Waals surface area (Å²) in [6.07, 6.45) is -1.21. The second-order valence-corrected chi connectivity index (χ2v) is 7.77. The van der Waals surface area contributed by atoms with Crippen molar-refractivity contribution >= 4 is 23.4 Å². The summed E-state index contributed by atoms with van der Waals surface area (Å²) in [7, 11) is 0. The highest BCUT2D eigenvalue weighted by molar-refractivity contribution is 6.04. The third-order valence-corrected chi connectivity index (χ3v) is 5.70. The lowest BCUT2D eigenvalue weighted by molar-refractivity contribution is -0.137. The molecular weight excluding hydrogens is 421 g/mol. The largest absolute Gasteiger partial charge is 0.416 e. The monoisotopic (exact) mass is 440 g/mol. The van der Waals surface area contributed by atoms with E-state index < -0.39 is 17.8 Å². The van der Waals surface area contributed by atoms with Crippen molar-refractivity contribution in [3.63, 3.8) is 0 Å². The molecule has 0 unspecified atom stereocenters. The summed E-state index contributed by atoms with van der Waals surface area (Å²) < 4.78 is 39.6. The summed E-state index contributed by atoms with van der Waals surface area (Å²) >= 11 is 0. The standard InChI is InChI=1S/C22H19F3N6O/c23-22(24,25)15-5-1-4-14(12-15)17-8-9-18-20(27-17)31(16-6-3-11-30(18)13-16)21(32)28-19-7-2-10-26-29-19/h1-2,4-5,7-10,12,16H,3,6,11,13H2,(H,28,29,32)/t16-/m0/s1. The average Bonchev–Trinajstić information content (AvgIpc) is 2.79. The minimum Gasteiger partial charge on any atom is -0.366 e. The van der Waals surface area contributed by atoms with Gasteiger partial charge in [0.25, 0.3) is 0 Å². The molecule has 3 aromatic rings. The fraction of sp³-hybridized carbons (Fsp3) is 0.273. The molecule has 1 fully saturated rings. The zero-order valence-corrected chi connectivity index (χ0v) is 16.9. The predicted molar refractivity (Wildman–Crippen MR) is 113 cm³/mol. The van der Waals surface area contributed by atoms with Crippen LogP contribution in [0.1, 0.15) is 18.4 Å². The quantitative estimate of drug-likeness (QED) is 0.632. The SMILES string of the molecule is O=C(Nc1cccnn1)N1c2nc(-c3cccc(C(F)(F)F)c3)ccc2N2CCC[C@H]1C2. The van der Waals surface area contributed by atoms with Gasteiger partial charge >= 0.3 is 12.2 Å². The highest BCUT2D eigenvalue weighted by Gasteiger charge is 2.38. The van der Waals surface area contributed by atoms with Gasteiger partial charge in [0.05, 0.1) is 23.0 Å². The number of hydrogen-bond acceptors (Lipinski definition) is 5. The third kappa shape index (κ3) is 3.72. The minimum absolute atomic E-state index is 0.0998. The molecule has 1 atom stereocenters. The van der Waals surface area contributed by atoms with Crippen LogP contribution in [0.5, 0.6) is 0 Å². The maximum atomic E-state index is 13.2. The number of rotatable bonds is 2. The summed E-state index contributed by atoms with van der Waals surface area (Å²) in [5.74, 6) is 0.739. The number of carbonyl (C=O) groups excluding carboxylic acids is 1. The van der Waals surface area contributed by atoms with Gasteiger partial charge in [0.2, 0.25) is 0 Å². The number of urea groups is 1. The summed E-state index contributed by atoms with van der Waals surface area (Å²) in [5.41, 5.74) is 0.745. The molecule has 5 rings (SSSR count). The number of nitrogens with one attached hydrogen (secondary N) is 1. The van der Waals surface area contributed by atoms with Crippen LogP contribution < -0.4 is 15.1 Å². The van der Waals surface area contributed by atoms with E-state index in [1.54, 1.807) is 29.2 Å². The first-order valence-corrected chi connectivity index (χ1v) is 10.2. The first-order valence-electron chi connectivity index (χ1n) is 10.2. The third-order valence-electron chi connectivity index (χ3n) is 5.70. The molecule has 2 bridgehead atoms. The Bertz CT molecular complexity index is 1150. The summed E-state index contributed by atoms with van der Waals surface area (Å²) in [5, 5.41) is 10.4. The molecule has 1 N–H and O–H groups in total. The molecule has 2 aliphatic rings. The Kier molecular flexibility index (Phi) is 4.91. The Morgan fingerprint density at radius 3 is 2.78 bits per heavy atom. The molecule has 1 aromatic carbocycles. The number of amides is 2. The molecule has 10 heteroatoms. The second-order valence-electron chi connectivity index (χ2n) is 7.77. The highest BCUT2D eigenvalue weighted by Crippen LogP contribution is 2.40. The van der Waals surface area contributed by atoms with Crippen molar-refractivity contribution in [1.29, 1.82) is 0 Å². The van der Waals surface area contributed by atoms with Crippen LogP contribution in [0.3, 0.4) is 0 Å². The molecule has 2 amide bonds. The number of benzene rings is 1. The van der Waals surface area contributed by atoms with Crippen LogP contribution in [0.4, 0.5) is 35.3 Å². The molecule has 7 nitrogen and oxygen atoms in total. The van der Waals surface area contributed by atoms with Gasteiger partial charge in [0.15, 0.2) is 11.6 Å². The zero-order chi connectivity index (χ0) is 22.3. The van der Waals surface area contributed by atoms with Gasteiger partial charge in [-0.2, -0.15) is 18.3 Å². The lowest BCUT2D eigenvalue weighted by Crippen LogP contribution is -2.56. The number of pyridine rings is 1. The molecule has 2 aromatic heterocycles. The van der Waals surface area contributed by atoms with Crippen LogP contribution in [-0.2, 0) is 6.18 Å². The number of carbonyl (C=O) groups is 1. The van der Waals surface area contributed by atoms with Gasteiger partial charge in [0, 0.05) is 24.8 Å². The fourth-order valence-electron chi connectivity index (χ4n) is 4.24. The molecule has 0 aliphatic carbocycles. The summed E-state index contributed by atoms with van der Waals surface area (Å²) in [4.78, 5) is 21.6. The van der Waals surface area contributed by atoms with E-state index in [4.69, 9.17) is 0 Å². The normalized spacial score (nSPS) is 17.7. The molecule has 0 spiro atoms. The molecule has 2 aliphatic heterocycles. The molecule has 0 radical (unpaired) electrons. The Morgan fingerprint density at radius 2 is 2.00 bits per heavy atom. The van der Waals surface area contributed by atoms with Gasteiger partial charge in [0.1, 0.15) is 0 Å². The van der Waals surface area contributed by atoms with E-state index in [0.717, 1.165) is 37.2 Å². The fourth-order valence-corrected chi connectivity index (χ4v) is 4.24. The molecule has 32 heavy (non-hydrogen) atoms. The van der Waals surface area contributed by atoms with Crippen LogP contribution in [-0.4, -0.2) is 40.3 Å². The van der Waals surface area contributed by atoms with Gasteiger partial charge in [-0.05, 0) is 49.2 Å². The Balaban J connectivity index is 1.55. The number of piperidine rings is 1. The van der Waals surface area contributed by atoms with Gasteiger partial charge in [-0.15, -0.1) is 5.10 Å². The smallest absolute Gasteiger partial charge is 0.366 e. The van der Waals surface area contributed by atoms with Crippen molar-refractivity contribution < 1.29 is 18.0 Å². The van der Waals surface area contributed by atoms with Crippen molar-refractivity contribution in [2.45, 2.75) is 25.1 Å². The number of nitrogens with zero attached hydrogens (tertiary/aromatic N) is 5. The number of halogens is 3. The maximum absolute atomic E-state index is 13.2. The minimum atomic E-state index is -4.45. The van der Waals surface area contributed by atoms with Crippen molar-refractivity contribution in [3.8, 4) is 11.3 Å². The summed E-state index contributed by atoms with van der Waals surface area (Å²) in [6, 6.07) is 11.4. The number of anilines is 3. The van der Waals surface area contributed by atoms with E-state index in [9.17, 15) is 18.0 Å². The van der Waals surface area contributed by atoms with Gasteiger partial charge in [-0.1, -0.05) is 12.1 Å². The van der Waals surface area contributed by atoms with E-state index in [1.165, 1.54) is 12.3 Å². The average molecular weight is 440 g/mol. The van der Waals surface area contributed by atoms with Crippen molar-refractivity contribution in [2.24, 2.45) is 0 Å². The highest BCUT2D eigenvalue weighted by atomic mass is 19.4. The van der Waals surface area contributed by atoms with Gasteiger partial charge in [-0.3, -0.25) is 10.2 Å². The van der Waals surface area contributed by atoms with Crippen molar-refractivity contribution in [2.75, 3.05) is 28.2 Å². The van der Waals surface area contributed by atoms with Crippen LogP contribution in [0, 0.1) is 0 Å². The van der Waals surface area contributed by atoms with Crippen LogP contribution >= 0.6 is 0 Å². The molecule has 1 saturated heterocycles. The molecule has 4 heterocycles. The Morgan fingerprint density at radius 1 is 1.12 bits per heavy atom. The molecule has 0 saturated carbocycles. The Hall–Kier alpha value is -3.69. The van der Waals surface area contributed by atoms with E-state index in [0.29, 0.717) is 29.4 Å². The lowest BCUT2D eigenvalue weighted by atomic mass is 9.99. The van der Waals surface area contributed by atoms with Crippen molar-refractivity contribution in [1.82, 2.24) is 15.2 Å². The molecular formula is C22H19F3N6O. The van der Waals surface area contributed by atoms with Gasteiger partial charge < -0.3 is 4.90 Å². The first-order chi connectivity index (χ1) is 15.4. The first kappa shape index (κ1) is 20.2. The lowest BCUT2D eigenvalue weighted by Gasteiger charge is -2.45. The van der Waals surface area contributed by atoms with E-state index in [2.05, 4.69) is 25.4 Å². The predicted octanol–water partition coefficient (Wildman–Crippen LogP) is 4.58. The number of hydrogen-bond donors (Lipinski definition) is 1. The van der Waals surface area contributed by atoms with Crippen LogP contribution in [0.2, 0.25) is 0 Å². The number of fused-ring (bicyclic) bond motifs is 4. The number of aromatic nitrogens is 3. The maximum Gasteiger partial charge on any atom is 0.416 e. The second kappa shape index (κ2) is 7.77. The van der Waals surface area contributed by atoms with E-state index in [-0.39, 0.29) is 6.04 Å². The van der Waals surface area contributed by atoms with Crippen LogP contribution in [0.25, 0.3) is 11.3 Å². The van der Waals surface area contributed by atoms with Crippen LogP contribution in [0.15, 0.2) is 54.7 Å². The topological polar surface area (TPSA) is 74.2 Å². The van der Waals surface area contributed by atoms with E-state index >= 15 is 0 Å². The van der Waals surface area contributed by atoms with Crippen molar-refractivity contribution in [3.05, 3.63) is 60.3 Å². The number of alkyl halides is 3. The summed E-state index contributed by atoms with van der Waals surface area (Å²) in [6.45, 7) is 1.51. The van der Waals surface area contributed by atoms with E-state index in [1.807, 2.05) is 6.07 Å².